The van der Waals surface area contributed by atoms with Gasteiger partial charge in [-0.1, -0.05) is 26.8 Å². The molecule has 0 aliphatic rings. The van der Waals surface area contributed by atoms with Crippen molar-refractivity contribution in [2.45, 2.75) is 27.2 Å². The smallest absolute Gasteiger partial charge is 0.0992 e. The highest BCUT2D eigenvalue weighted by Crippen LogP contribution is 2.18. The van der Waals surface area contributed by atoms with Crippen LogP contribution in [0.4, 0.5) is 5.69 Å². The normalized spacial score (nSPS) is 12.2. The summed E-state index contributed by atoms with van der Waals surface area (Å²) in [5, 5.41) is 8.88. The topological polar surface area (TPSA) is 27.0 Å². The summed E-state index contributed by atoms with van der Waals surface area (Å²) in [6, 6.07) is 9.97. The van der Waals surface area contributed by atoms with Crippen molar-refractivity contribution < 1.29 is 0 Å². The molecule has 0 N–H and O–H groups in total. The average molecular weight is 230 g/mol. The number of anilines is 1. The van der Waals surface area contributed by atoms with E-state index in [0.29, 0.717) is 5.92 Å². The Morgan fingerprint density at radius 3 is 2.59 bits per heavy atom. The zero-order valence-corrected chi connectivity index (χ0v) is 11.3. The standard InChI is InChI=1S/C15H22N2/c1-12(2)8-13(3)11-17(4)15-7-5-6-14(9-15)10-16/h5-7,9,12-13H,8,11H2,1-4H3. The third kappa shape index (κ3) is 4.48. The summed E-state index contributed by atoms with van der Waals surface area (Å²) in [7, 11) is 2.09. The monoisotopic (exact) mass is 230 g/mol. The van der Waals surface area contributed by atoms with Crippen molar-refractivity contribution in [1.29, 1.82) is 5.26 Å². The zero-order valence-electron chi connectivity index (χ0n) is 11.3. The summed E-state index contributed by atoms with van der Waals surface area (Å²) in [6.45, 7) is 7.83. The van der Waals surface area contributed by atoms with Gasteiger partial charge in [0, 0.05) is 19.3 Å². The van der Waals surface area contributed by atoms with Gasteiger partial charge >= 0.3 is 0 Å². The second-order valence-corrected chi connectivity index (χ2v) is 5.28. The fourth-order valence-electron chi connectivity index (χ4n) is 2.27. The van der Waals surface area contributed by atoms with E-state index in [1.54, 1.807) is 0 Å². The Balaban J connectivity index is 2.63. The van der Waals surface area contributed by atoms with Crippen LogP contribution in [-0.4, -0.2) is 13.6 Å². The molecule has 0 saturated carbocycles. The predicted molar refractivity (Wildman–Crippen MR) is 73.0 cm³/mol. The first kappa shape index (κ1) is 13.6. The van der Waals surface area contributed by atoms with E-state index in [-0.39, 0.29) is 0 Å². The van der Waals surface area contributed by atoms with E-state index in [1.165, 1.54) is 6.42 Å². The highest BCUT2D eigenvalue weighted by atomic mass is 15.1. The summed E-state index contributed by atoms with van der Waals surface area (Å²) >= 11 is 0. The summed E-state index contributed by atoms with van der Waals surface area (Å²) in [5.74, 6) is 1.41. The minimum Gasteiger partial charge on any atom is -0.374 e. The molecule has 0 aliphatic carbocycles. The molecule has 0 aromatic heterocycles. The molecular formula is C15H22N2. The highest BCUT2D eigenvalue weighted by Gasteiger charge is 2.09. The van der Waals surface area contributed by atoms with E-state index < -0.39 is 0 Å². The molecule has 1 atom stereocenters. The van der Waals surface area contributed by atoms with Crippen molar-refractivity contribution >= 4 is 5.69 Å². The summed E-state index contributed by atoms with van der Waals surface area (Å²) in [5.41, 5.74) is 1.85. The van der Waals surface area contributed by atoms with Crippen LogP contribution in [0.1, 0.15) is 32.8 Å². The number of nitrogens with zero attached hydrogens (tertiary/aromatic N) is 2. The van der Waals surface area contributed by atoms with Gasteiger partial charge in [0.15, 0.2) is 0 Å². The molecule has 0 saturated heterocycles. The van der Waals surface area contributed by atoms with E-state index >= 15 is 0 Å². The molecule has 0 spiro atoms. The number of nitriles is 1. The number of rotatable bonds is 5. The average Bonchev–Trinajstić information content (AvgIpc) is 2.27. The maximum atomic E-state index is 8.88. The Morgan fingerprint density at radius 1 is 1.29 bits per heavy atom. The molecule has 1 rings (SSSR count). The van der Waals surface area contributed by atoms with E-state index in [4.69, 9.17) is 5.26 Å². The minimum absolute atomic E-state index is 0.672. The van der Waals surface area contributed by atoms with Gasteiger partial charge in [0.2, 0.25) is 0 Å². The summed E-state index contributed by atoms with van der Waals surface area (Å²) in [4.78, 5) is 2.23. The lowest BCUT2D eigenvalue weighted by Crippen LogP contribution is -2.24. The first-order valence-corrected chi connectivity index (χ1v) is 6.24. The third-order valence-electron chi connectivity index (χ3n) is 2.88. The molecule has 17 heavy (non-hydrogen) atoms. The molecule has 0 heterocycles. The van der Waals surface area contributed by atoms with Gasteiger partial charge in [-0.2, -0.15) is 5.26 Å². The van der Waals surface area contributed by atoms with Crippen LogP contribution in [0.3, 0.4) is 0 Å². The molecule has 0 fully saturated rings. The van der Waals surface area contributed by atoms with Gasteiger partial charge in [0.1, 0.15) is 0 Å². The van der Waals surface area contributed by atoms with Crippen molar-refractivity contribution in [1.82, 2.24) is 0 Å². The van der Waals surface area contributed by atoms with Gasteiger partial charge in [-0.25, -0.2) is 0 Å². The Bertz CT molecular complexity index is 390. The van der Waals surface area contributed by atoms with Gasteiger partial charge in [-0.15, -0.1) is 0 Å². The van der Waals surface area contributed by atoms with Gasteiger partial charge in [0.05, 0.1) is 11.6 Å². The van der Waals surface area contributed by atoms with Gasteiger partial charge in [0.25, 0.3) is 0 Å². The second-order valence-electron chi connectivity index (χ2n) is 5.28. The number of hydrogen-bond donors (Lipinski definition) is 0. The van der Waals surface area contributed by atoms with Crippen LogP contribution in [0, 0.1) is 23.2 Å². The fraction of sp³-hybridized carbons (Fsp3) is 0.533. The Morgan fingerprint density at radius 2 is 2.00 bits per heavy atom. The molecule has 0 radical (unpaired) electrons. The summed E-state index contributed by atoms with van der Waals surface area (Å²) < 4.78 is 0. The first-order valence-electron chi connectivity index (χ1n) is 6.24. The Hall–Kier alpha value is -1.49. The predicted octanol–water partition coefficient (Wildman–Crippen LogP) is 3.68. The van der Waals surface area contributed by atoms with Crippen molar-refractivity contribution in [3.8, 4) is 6.07 Å². The maximum Gasteiger partial charge on any atom is 0.0992 e. The van der Waals surface area contributed by atoms with Crippen LogP contribution in [-0.2, 0) is 0 Å². The zero-order chi connectivity index (χ0) is 12.8. The minimum atomic E-state index is 0.672. The SMILES string of the molecule is CC(C)CC(C)CN(C)c1cccc(C#N)c1. The van der Waals surface area contributed by atoms with E-state index in [2.05, 4.69) is 44.9 Å². The molecule has 2 nitrogen and oxygen atoms in total. The Kier molecular flexibility index (Phi) is 5.03. The third-order valence-corrected chi connectivity index (χ3v) is 2.88. The van der Waals surface area contributed by atoms with E-state index in [1.807, 2.05) is 18.2 Å². The van der Waals surface area contributed by atoms with E-state index in [0.717, 1.165) is 23.7 Å². The van der Waals surface area contributed by atoms with Crippen molar-refractivity contribution in [3.05, 3.63) is 29.8 Å². The van der Waals surface area contributed by atoms with E-state index in [9.17, 15) is 0 Å². The van der Waals surface area contributed by atoms with Crippen molar-refractivity contribution in [2.24, 2.45) is 11.8 Å². The fourth-order valence-corrected chi connectivity index (χ4v) is 2.27. The quantitative estimate of drug-likeness (QED) is 0.771. The highest BCUT2D eigenvalue weighted by molar-refractivity contribution is 5.50. The summed E-state index contributed by atoms with van der Waals surface area (Å²) in [6.07, 6.45) is 1.24. The van der Waals surface area contributed by atoms with Gasteiger partial charge < -0.3 is 4.90 Å². The largest absolute Gasteiger partial charge is 0.374 e. The lowest BCUT2D eigenvalue weighted by Gasteiger charge is -2.24. The molecule has 2 heteroatoms. The molecular weight excluding hydrogens is 208 g/mol. The number of hydrogen-bond acceptors (Lipinski definition) is 2. The van der Waals surface area contributed by atoms with Crippen LogP contribution in [0.15, 0.2) is 24.3 Å². The van der Waals surface area contributed by atoms with Crippen LogP contribution >= 0.6 is 0 Å². The maximum absolute atomic E-state index is 8.88. The van der Waals surface area contributed by atoms with Gasteiger partial charge in [-0.3, -0.25) is 0 Å². The van der Waals surface area contributed by atoms with Crippen molar-refractivity contribution in [3.63, 3.8) is 0 Å². The molecule has 92 valence electrons. The van der Waals surface area contributed by atoms with Crippen LogP contribution in [0.25, 0.3) is 0 Å². The molecule has 0 bridgehead atoms. The molecule has 1 aromatic rings. The van der Waals surface area contributed by atoms with Crippen LogP contribution in [0.2, 0.25) is 0 Å². The lowest BCUT2D eigenvalue weighted by atomic mass is 9.98. The molecule has 1 unspecified atom stereocenters. The lowest BCUT2D eigenvalue weighted by molar-refractivity contribution is 0.441. The number of benzene rings is 1. The molecule has 0 amide bonds. The van der Waals surface area contributed by atoms with Crippen LogP contribution < -0.4 is 4.90 Å². The molecule has 0 aliphatic heterocycles. The first-order chi connectivity index (χ1) is 8.02. The van der Waals surface area contributed by atoms with Gasteiger partial charge in [-0.05, 0) is 36.5 Å². The molecule has 1 aromatic carbocycles. The second kappa shape index (κ2) is 6.30. The Labute approximate surface area is 105 Å². The van der Waals surface area contributed by atoms with Crippen LogP contribution in [0.5, 0.6) is 0 Å². The van der Waals surface area contributed by atoms with Crippen molar-refractivity contribution in [2.75, 3.05) is 18.5 Å².